The molecule has 1 fully saturated rings. The molecule has 1 N–H and O–H groups in total. The van der Waals surface area contributed by atoms with Gasteiger partial charge in [0.25, 0.3) is 0 Å². The fraction of sp³-hybridized carbons (Fsp3) is 0.500. The Morgan fingerprint density at radius 2 is 2.00 bits per heavy atom. The van der Waals surface area contributed by atoms with Gasteiger partial charge < -0.3 is 19.6 Å². The monoisotopic (exact) mass is 348 g/mol. The lowest BCUT2D eigenvalue weighted by Gasteiger charge is -2.33. The molecule has 2 rings (SSSR count). The van der Waals surface area contributed by atoms with E-state index in [1.165, 1.54) is 4.90 Å². The number of ketones is 1. The summed E-state index contributed by atoms with van der Waals surface area (Å²) in [5, 5.41) is 12.4. The lowest BCUT2D eigenvalue weighted by Crippen LogP contribution is -2.50. The summed E-state index contributed by atoms with van der Waals surface area (Å²) in [5.41, 5.74) is 0.334. The van der Waals surface area contributed by atoms with Crippen LogP contribution in [0.2, 0.25) is 0 Å². The molecule has 0 radical (unpaired) electrons. The van der Waals surface area contributed by atoms with Crippen LogP contribution in [0.4, 0.5) is 4.79 Å². The Kier molecular flexibility index (Phi) is 6.14. The Labute approximate surface area is 147 Å². The molecule has 7 nitrogen and oxygen atoms in total. The van der Waals surface area contributed by atoms with Crippen LogP contribution in [0.15, 0.2) is 35.5 Å². The first kappa shape index (κ1) is 18.9. The molecule has 1 unspecified atom stereocenters. The van der Waals surface area contributed by atoms with Gasteiger partial charge in [0.15, 0.2) is 5.78 Å². The standard InChI is InChI=1S/C18H24N2O5/c1-18(2,3)25-17(22)20-9-10-24-16(12-20)15(21)11-14(19-23)13-7-5-4-6-8-13/h4-8,16,23H,9-12H2,1-3H3. The number of carbonyl (C=O) groups excluding carboxylic acids is 2. The number of hydrogen-bond acceptors (Lipinski definition) is 6. The number of benzene rings is 1. The molecule has 1 aromatic carbocycles. The fourth-order valence-corrected chi connectivity index (χ4v) is 2.44. The first-order chi connectivity index (χ1) is 11.8. The van der Waals surface area contributed by atoms with Crippen molar-refractivity contribution >= 4 is 17.6 Å². The molecule has 1 aromatic rings. The van der Waals surface area contributed by atoms with Crippen LogP contribution in [0, 0.1) is 0 Å². The highest BCUT2D eigenvalue weighted by molar-refractivity contribution is 6.11. The summed E-state index contributed by atoms with van der Waals surface area (Å²) in [6.45, 7) is 6.12. The normalized spacial score (nSPS) is 18.8. The van der Waals surface area contributed by atoms with Crippen molar-refractivity contribution in [1.82, 2.24) is 4.90 Å². The summed E-state index contributed by atoms with van der Waals surface area (Å²) >= 11 is 0. The minimum absolute atomic E-state index is 0.0761. The van der Waals surface area contributed by atoms with Crippen molar-refractivity contribution in [2.24, 2.45) is 5.16 Å². The van der Waals surface area contributed by atoms with Crippen LogP contribution in [0.3, 0.4) is 0 Å². The molecule has 1 aliphatic rings. The molecule has 1 heterocycles. The third kappa shape index (κ3) is 5.56. The molecular weight excluding hydrogens is 324 g/mol. The predicted molar refractivity (Wildman–Crippen MR) is 91.9 cm³/mol. The summed E-state index contributed by atoms with van der Waals surface area (Å²) in [4.78, 5) is 26.1. The number of hydrogen-bond donors (Lipinski definition) is 1. The number of morpholine rings is 1. The Morgan fingerprint density at radius 3 is 2.60 bits per heavy atom. The fourth-order valence-electron chi connectivity index (χ4n) is 2.44. The molecule has 0 spiro atoms. The number of carbonyl (C=O) groups is 2. The van der Waals surface area contributed by atoms with Gasteiger partial charge in [0, 0.05) is 6.54 Å². The molecule has 1 amide bonds. The zero-order chi connectivity index (χ0) is 18.4. The summed E-state index contributed by atoms with van der Waals surface area (Å²) in [5.74, 6) is -0.245. The van der Waals surface area contributed by atoms with Crippen molar-refractivity contribution < 1.29 is 24.3 Å². The molecule has 1 saturated heterocycles. The van der Waals surface area contributed by atoms with Gasteiger partial charge in [-0.1, -0.05) is 35.5 Å². The maximum Gasteiger partial charge on any atom is 0.410 e. The van der Waals surface area contributed by atoms with Gasteiger partial charge in [0.2, 0.25) is 0 Å². The summed E-state index contributed by atoms with van der Waals surface area (Å²) in [6.07, 6.45) is -1.30. The van der Waals surface area contributed by atoms with E-state index >= 15 is 0 Å². The van der Waals surface area contributed by atoms with Crippen molar-refractivity contribution in [3.63, 3.8) is 0 Å². The average Bonchev–Trinajstić information content (AvgIpc) is 2.59. The van der Waals surface area contributed by atoms with E-state index in [0.29, 0.717) is 12.1 Å². The first-order valence-corrected chi connectivity index (χ1v) is 8.19. The number of oxime groups is 1. The van der Waals surface area contributed by atoms with E-state index in [0.717, 1.165) is 0 Å². The maximum atomic E-state index is 12.5. The molecule has 1 atom stereocenters. The Bertz CT molecular complexity index is 637. The van der Waals surface area contributed by atoms with Gasteiger partial charge in [-0.3, -0.25) is 4.79 Å². The largest absolute Gasteiger partial charge is 0.444 e. The second-order valence-corrected chi connectivity index (χ2v) is 6.84. The van der Waals surface area contributed by atoms with Crippen LogP contribution in [0.1, 0.15) is 32.8 Å². The number of nitrogens with zero attached hydrogens (tertiary/aromatic N) is 2. The SMILES string of the molecule is CC(C)(C)OC(=O)N1CCOC(C(=O)CC(=NO)c2ccccc2)C1. The highest BCUT2D eigenvalue weighted by atomic mass is 16.6. The van der Waals surface area contributed by atoms with Gasteiger partial charge in [0.1, 0.15) is 11.7 Å². The van der Waals surface area contributed by atoms with E-state index in [2.05, 4.69) is 5.16 Å². The summed E-state index contributed by atoms with van der Waals surface area (Å²) < 4.78 is 10.8. The molecular formula is C18H24N2O5. The Morgan fingerprint density at radius 1 is 1.32 bits per heavy atom. The van der Waals surface area contributed by atoms with Crippen LogP contribution in [0.5, 0.6) is 0 Å². The van der Waals surface area contributed by atoms with Crippen LogP contribution >= 0.6 is 0 Å². The van der Waals surface area contributed by atoms with Gasteiger partial charge in [-0.15, -0.1) is 0 Å². The first-order valence-electron chi connectivity index (χ1n) is 8.19. The molecule has 136 valence electrons. The van der Waals surface area contributed by atoms with E-state index in [1.807, 2.05) is 6.07 Å². The minimum Gasteiger partial charge on any atom is -0.444 e. The third-order valence-electron chi connectivity index (χ3n) is 3.65. The minimum atomic E-state index is -0.762. The number of Topliss-reactive ketones (excluding diaryl/α,β-unsaturated/α-hetero) is 1. The van der Waals surface area contributed by atoms with E-state index in [-0.39, 0.29) is 31.1 Å². The Balaban J connectivity index is 1.98. The maximum absolute atomic E-state index is 12.5. The van der Waals surface area contributed by atoms with Crippen LogP contribution in [0.25, 0.3) is 0 Å². The second kappa shape index (κ2) is 8.11. The number of ether oxygens (including phenoxy) is 2. The summed E-state index contributed by atoms with van der Waals surface area (Å²) in [7, 11) is 0. The average molecular weight is 348 g/mol. The third-order valence-corrected chi connectivity index (χ3v) is 3.65. The van der Waals surface area contributed by atoms with E-state index in [1.54, 1.807) is 45.0 Å². The highest BCUT2D eigenvalue weighted by Crippen LogP contribution is 2.15. The van der Waals surface area contributed by atoms with Crippen molar-refractivity contribution in [3.05, 3.63) is 35.9 Å². The van der Waals surface area contributed by atoms with Crippen molar-refractivity contribution in [3.8, 4) is 0 Å². The van der Waals surface area contributed by atoms with Crippen LogP contribution < -0.4 is 0 Å². The lowest BCUT2D eigenvalue weighted by atomic mass is 10.0. The lowest BCUT2D eigenvalue weighted by molar-refractivity contribution is -0.134. The predicted octanol–water partition coefficient (Wildman–Crippen LogP) is 2.46. The quantitative estimate of drug-likeness (QED) is 0.513. The van der Waals surface area contributed by atoms with Gasteiger partial charge in [-0.25, -0.2) is 4.79 Å². The second-order valence-electron chi connectivity index (χ2n) is 6.84. The van der Waals surface area contributed by atoms with E-state index in [4.69, 9.17) is 9.47 Å². The van der Waals surface area contributed by atoms with E-state index < -0.39 is 17.8 Å². The molecule has 1 aliphatic heterocycles. The topological polar surface area (TPSA) is 88.4 Å². The zero-order valence-corrected chi connectivity index (χ0v) is 14.8. The van der Waals surface area contributed by atoms with Crippen molar-refractivity contribution in [2.75, 3.05) is 19.7 Å². The molecule has 0 aliphatic carbocycles. The highest BCUT2D eigenvalue weighted by Gasteiger charge is 2.32. The molecule has 25 heavy (non-hydrogen) atoms. The molecule has 0 aromatic heterocycles. The van der Waals surface area contributed by atoms with Gasteiger partial charge in [-0.05, 0) is 26.3 Å². The Hall–Kier alpha value is -2.41. The van der Waals surface area contributed by atoms with Crippen molar-refractivity contribution in [2.45, 2.75) is 38.9 Å². The van der Waals surface area contributed by atoms with Gasteiger partial charge in [-0.2, -0.15) is 0 Å². The van der Waals surface area contributed by atoms with Gasteiger partial charge >= 0.3 is 6.09 Å². The summed E-state index contributed by atoms with van der Waals surface area (Å²) in [6, 6.07) is 8.95. The van der Waals surface area contributed by atoms with Crippen LogP contribution in [-0.2, 0) is 14.3 Å². The van der Waals surface area contributed by atoms with E-state index in [9.17, 15) is 14.8 Å². The molecule has 0 saturated carbocycles. The number of rotatable bonds is 4. The smallest absolute Gasteiger partial charge is 0.410 e. The van der Waals surface area contributed by atoms with Crippen LogP contribution in [-0.4, -0.2) is 59.1 Å². The van der Waals surface area contributed by atoms with Gasteiger partial charge in [0.05, 0.1) is 25.3 Å². The van der Waals surface area contributed by atoms with Crippen molar-refractivity contribution in [1.29, 1.82) is 0 Å². The zero-order valence-electron chi connectivity index (χ0n) is 14.8. The molecule has 7 heteroatoms. The number of amides is 1. The molecule has 0 bridgehead atoms.